The summed E-state index contributed by atoms with van der Waals surface area (Å²) in [5.74, 6) is -24.4. The molecule has 0 bridgehead atoms. The monoisotopic (exact) mass is 528 g/mol. The summed E-state index contributed by atoms with van der Waals surface area (Å²) in [6.45, 7) is 4.39. The van der Waals surface area contributed by atoms with Crippen molar-refractivity contribution in [2.75, 3.05) is 26.4 Å². The lowest BCUT2D eigenvalue weighted by Crippen LogP contribution is -2.62. The standard InChI is InChI=1S/C23H36F8O4/c1-3-4-5-6-8-12-20(24,25)22(28,29)23(30,31)21(26,27)13-11-16-35-19(33)18(2)17-34-15-10-7-9-14-32/h32H,2-17H2,1H3. The number of halogens is 8. The summed E-state index contributed by atoms with van der Waals surface area (Å²) >= 11 is 0. The Labute approximate surface area is 201 Å². The molecule has 0 aliphatic heterocycles. The van der Waals surface area contributed by atoms with Crippen LogP contribution < -0.4 is 0 Å². The molecule has 0 spiro atoms. The van der Waals surface area contributed by atoms with Gasteiger partial charge >= 0.3 is 29.7 Å². The van der Waals surface area contributed by atoms with Crippen molar-refractivity contribution < 1.29 is 54.5 Å². The van der Waals surface area contributed by atoms with E-state index in [9.17, 15) is 39.9 Å². The Kier molecular flexibility index (Phi) is 15.0. The van der Waals surface area contributed by atoms with Crippen LogP contribution in [0.4, 0.5) is 35.1 Å². The molecule has 0 atom stereocenters. The lowest BCUT2D eigenvalue weighted by Gasteiger charge is -2.37. The number of esters is 1. The van der Waals surface area contributed by atoms with Crippen LogP contribution in [0.2, 0.25) is 0 Å². The Hall–Kier alpha value is -1.43. The summed E-state index contributed by atoms with van der Waals surface area (Å²) in [6.07, 6.45) is -1.23. The summed E-state index contributed by atoms with van der Waals surface area (Å²) in [5.41, 5.74) is -0.186. The van der Waals surface area contributed by atoms with Crippen molar-refractivity contribution in [2.24, 2.45) is 0 Å². The third kappa shape index (κ3) is 10.6. The molecule has 0 radical (unpaired) electrons. The molecule has 35 heavy (non-hydrogen) atoms. The average molecular weight is 529 g/mol. The van der Waals surface area contributed by atoms with Crippen LogP contribution in [-0.2, 0) is 14.3 Å². The fourth-order valence-electron chi connectivity index (χ4n) is 3.03. The van der Waals surface area contributed by atoms with Gasteiger partial charge in [-0.15, -0.1) is 0 Å². The number of carbonyl (C=O) groups excluding carboxylic acids is 1. The van der Waals surface area contributed by atoms with E-state index in [0.717, 1.165) is 6.42 Å². The van der Waals surface area contributed by atoms with Crippen molar-refractivity contribution in [3.05, 3.63) is 12.2 Å². The fraction of sp³-hybridized carbons (Fsp3) is 0.870. The van der Waals surface area contributed by atoms with E-state index in [4.69, 9.17) is 9.84 Å². The molecule has 0 fully saturated rings. The smallest absolute Gasteiger partial charge is 0.378 e. The molecule has 0 heterocycles. The highest BCUT2D eigenvalue weighted by Crippen LogP contribution is 2.55. The summed E-state index contributed by atoms with van der Waals surface area (Å²) < 4.78 is 121. The average Bonchev–Trinajstić information content (AvgIpc) is 2.78. The zero-order valence-corrected chi connectivity index (χ0v) is 20.0. The van der Waals surface area contributed by atoms with Gasteiger partial charge in [0.2, 0.25) is 0 Å². The molecule has 12 heteroatoms. The molecule has 0 amide bonds. The third-order valence-corrected chi connectivity index (χ3v) is 5.29. The molecule has 0 aromatic carbocycles. The van der Waals surface area contributed by atoms with E-state index in [1.54, 1.807) is 0 Å². The molecule has 0 aliphatic carbocycles. The lowest BCUT2D eigenvalue weighted by atomic mass is 9.92. The van der Waals surface area contributed by atoms with Crippen molar-refractivity contribution in [1.82, 2.24) is 0 Å². The predicted molar refractivity (Wildman–Crippen MR) is 114 cm³/mol. The first-order valence-electron chi connectivity index (χ1n) is 11.7. The molecule has 0 aromatic heterocycles. The number of hydrogen-bond donors (Lipinski definition) is 1. The third-order valence-electron chi connectivity index (χ3n) is 5.29. The number of carbonyl (C=O) groups is 1. The Morgan fingerprint density at radius 1 is 0.743 bits per heavy atom. The Morgan fingerprint density at radius 3 is 1.80 bits per heavy atom. The van der Waals surface area contributed by atoms with Crippen LogP contribution in [0.1, 0.15) is 77.6 Å². The molecule has 0 unspecified atom stereocenters. The van der Waals surface area contributed by atoms with Crippen LogP contribution in [0, 0.1) is 0 Å². The maximum absolute atomic E-state index is 13.9. The number of alkyl halides is 8. The van der Waals surface area contributed by atoms with Crippen molar-refractivity contribution in [2.45, 2.75) is 101 Å². The normalized spacial score (nSPS) is 13.2. The minimum atomic E-state index is -6.32. The van der Waals surface area contributed by atoms with Crippen LogP contribution in [0.3, 0.4) is 0 Å². The molecule has 208 valence electrons. The maximum Gasteiger partial charge on any atom is 0.378 e. The molecule has 0 rings (SSSR count). The molecule has 0 saturated carbocycles. The first-order chi connectivity index (χ1) is 16.2. The van der Waals surface area contributed by atoms with Gasteiger partial charge in [0.05, 0.1) is 18.8 Å². The van der Waals surface area contributed by atoms with Gasteiger partial charge in [0, 0.05) is 26.1 Å². The SMILES string of the molecule is C=C(COCCCCCO)C(=O)OCCCC(F)(F)C(F)(F)C(F)(F)C(F)(F)CCCCCCC. The van der Waals surface area contributed by atoms with E-state index in [2.05, 4.69) is 11.3 Å². The molecule has 0 aromatic rings. The minimum Gasteiger partial charge on any atom is -0.462 e. The summed E-state index contributed by atoms with van der Waals surface area (Å²) in [7, 11) is 0. The lowest BCUT2D eigenvalue weighted by molar-refractivity contribution is -0.368. The zero-order valence-electron chi connectivity index (χ0n) is 20.0. The van der Waals surface area contributed by atoms with Gasteiger partial charge in [-0.2, -0.15) is 35.1 Å². The van der Waals surface area contributed by atoms with Crippen LogP contribution >= 0.6 is 0 Å². The van der Waals surface area contributed by atoms with Crippen LogP contribution in [0.25, 0.3) is 0 Å². The van der Waals surface area contributed by atoms with Gasteiger partial charge in [-0.05, 0) is 32.1 Å². The minimum absolute atomic E-state index is 0.0310. The number of aliphatic hydroxyl groups excluding tert-OH is 1. The molecule has 0 saturated heterocycles. The fourth-order valence-corrected chi connectivity index (χ4v) is 3.03. The second-order valence-electron chi connectivity index (χ2n) is 8.40. The van der Waals surface area contributed by atoms with E-state index in [1.165, 1.54) is 0 Å². The first-order valence-corrected chi connectivity index (χ1v) is 11.7. The van der Waals surface area contributed by atoms with Gasteiger partial charge < -0.3 is 14.6 Å². The maximum atomic E-state index is 13.9. The number of hydrogen-bond acceptors (Lipinski definition) is 4. The van der Waals surface area contributed by atoms with E-state index in [-0.39, 0.29) is 31.8 Å². The van der Waals surface area contributed by atoms with Crippen molar-refractivity contribution in [3.63, 3.8) is 0 Å². The number of rotatable bonds is 21. The van der Waals surface area contributed by atoms with Crippen LogP contribution in [-0.4, -0.2) is 61.2 Å². The number of ether oxygens (including phenoxy) is 2. The highest BCUT2D eigenvalue weighted by molar-refractivity contribution is 5.87. The van der Waals surface area contributed by atoms with E-state index >= 15 is 0 Å². The molecular formula is C23H36F8O4. The molecule has 1 N–H and O–H groups in total. The van der Waals surface area contributed by atoms with Gasteiger partial charge in [0.1, 0.15) is 0 Å². The predicted octanol–water partition coefficient (Wildman–Crippen LogP) is 6.95. The highest BCUT2D eigenvalue weighted by Gasteiger charge is 2.79. The topological polar surface area (TPSA) is 55.8 Å². The first kappa shape index (κ1) is 33.6. The van der Waals surface area contributed by atoms with E-state index in [1.807, 2.05) is 6.92 Å². The summed E-state index contributed by atoms with van der Waals surface area (Å²) in [5, 5.41) is 8.64. The van der Waals surface area contributed by atoms with E-state index < -0.39 is 61.9 Å². The molecular weight excluding hydrogens is 492 g/mol. The Morgan fingerprint density at radius 2 is 1.26 bits per heavy atom. The van der Waals surface area contributed by atoms with Gasteiger partial charge in [0.25, 0.3) is 0 Å². The van der Waals surface area contributed by atoms with Gasteiger partial charge in [-0.3, -0.25) is 0 Å². The largest absolute Gasteiger partial charge is 0.462 e. The van der Waals surface area contributed by atoms with Gasteiger partial charge in [-0.1, -0.05) is 39.2 Å². The van der Waals surface area contributed by atoms with Crippen molar-refractivity contribution >= 4 is 5.97 Å². The number of unbranched alkanes of at least 4 members (excludes halogenated alkanes) is 6. The summed E-state index contributed by atoms with van der Waals surface area (Å²) in [6, 6.07) is 0. The number of aliphatic hydroxyl groups is 1. The van der Waals surface area contributed by atoms with Gasteiger partial charge in [-0.25, -0.2) is 4.79 Å². The van der Waals surface area contributed by atoms with E-state index in [0.29, 0.717) is 32.1 Å². The van der Waals surface area contributed by atoms with Crippen molar-refractivity contribution in [1.29, 1.82) is 0 Å². The Balaban J connectivity index is 4.65. The zero-order chi connectivity index (χ0) is 27.2. The second kappa shape index (κ2) is 15.6. The van der Waals surface area contributed by atoms with Crippen molar-refractivity contribution in [3.8, 4) is 0 Å². The van der Waals surface area contributed by atoms with Crippen LogP contribution in [0.5, 0.6) is 0 Å². The summed E-state index contributed by atoms with van der Waals surface area (Å²) in [4.78, 5) is 11.7. The molecule has 0 aliphatic rings. The van der Waals surface area contributed by atoms with Gasteiger partial charge in [0.15, 0.2) is 0 Å². The molecule has 4 nitrogen and oxygen atoms in total. The van der Waals surface area contributed by atoms with Crippen LogP contribution in [0.15, 0.2) is 12.2 Å². The highest BCUT2D eigenvalue weighted by atomic mass is 19.4. The second-order valence-corrected chi connectivity index (χ2v) is 8.40. The quantitative estimate of drug-likeness (QED) is 0.0759. The Bertz CT molecular complexity index is 627.